The lowest BCUT2D eigenvalue weighted by Crippen LogP contribution is -2.22. The van der Waals surface area contributed by atoms with Crippen LogP contribution in [-0.4, -0.2) is 9.97 Å². The molecule has 2 aromatic heterocycles. The van der Waals surface area contributed by atoms with E-state index in [0.29, 0.717) is 5.82 Å². The number of benzene rings is 8. The fraction of sp³-hybridized carbons (Fsp3) is 0.0370. The van der Waals surface area contributed by atoms with Gasteiger partial charge in [-0.3, -0.25) is 0 Å². The highest BCUT2D eigenvalue weighted by atomic mass is 32.1. The molecule has 0 spiro atoms. The van der Waals surface area contributed by atoms with Crippen LogP contribution in [0.15, 0.2) is 200 Å². The van der Waals surface area contributed by atoms with Crippen molar-refractivity contribution in [3.63, 3.8) is 0 Å². The Bertz CT molecular complexity index is 3140. The van der Waals surface area contributed by atoms with E-state index in [4.69, 9.17) is 9.97 Å². The second-order valence-corrected chi connectivity index (χ2v) is 16.0. The van der Waals surface area contributed by atoms with Crippen LogP contribution >= 0.6 is 11.3 Å². The highest BCUT2D eigenvalue weighted by Crippen LogP contribution is 2.55. The number of rotatable bonds is 6. The van der Waals surface area contributed by atoms with Gasteiger partial charge >= 0.3 is 0 Å². The first kappa shape index (κ1) is 33.4. The number of hydrogen-bond acceptors (Lipinski definition) is 3. The normalized spacial score (nSPS) is 14.5. The van der Waals surface area contributed by atoms with E-state index in [0.717, 1.165) is 39.2 Å². The fourth-order valence-corrected chi connectivity index (χ4v) is 10.4. The summed E-state index contributed by atoms with van der Waals surface area (Å²) < 4.78 is 2.58. The zero-order valence-corrected chi connectivity index (χ0v) is 32.2. The molecule has 1 aliphatic rings. The molecule has 10 aromatic rings. The molecule has 1 unspecified atom stereocenters. The minimum atomic E-state index is -0.290. The molecular formula is C54H36N2S. The van der Waals surface area contributed by atoms with Crippen molar-refractivity contribution in [1.82, 2.24) is 9.97 Å². The molecule has 57 heavy (non-hydrogen) atoms. The second-order valence-electron chi connectivity index (χ2n) is 15.0. The topological polar surface area (TPSA) is 25.8 Å². The summed E-state index contributed by atoms with van der Waals surface area (Å²) in [5, 5.41) is 2.58. The van der Waals surface area contributed by atoms with Crippen molar-refractivity contribution in [2.45, 2.75) is 12.3 Å². The first-order chi connectivity index (χ1) is 28.2. The summed E-state index contributed by atoms with van der Waals surface area (Å²) in [5.74, 6) is 0.702. The number of thiophene rings is 1. The van der Waals surface area contributed by atoms with Gasteiger partial charge in [0.25, 0.3) is 0 Å². The van der Waals surface area contributed by atoms with E-state index in [2.05, 4.69) is 201 Å². The summed E-state index contributed by atoms with van der Waals surface area (Å²) in [5.41, 5.74) is 15.8. The molecule has 1 aliphatic carbocycles. The van der Waals surface area contributed by atoms with Crippen molar-refractivity contribution >= 4 is 31.5 Å². The first-order valence-corrected chi connectivity index (χ1v) is 20.3. The Labute approximate surface area is 336 Å². The molecule has 0 N–H and O–H groups in total. The molecule has 0 fully saturated rings. The molecule has 2 nitrogen and oxygen atoms in total. The second kappa shape index (κ2) is 13.4. The maximum atomic E-state index is 5.37. The Kier molecular flexibility index (Phi) is 7.84. The van der Waals surface area contributed by atoms with Gasteiger partial charge in [0.05, 0.1) is 11.4 Å². The Balaban J connectivity index is 1.13. The quantitative estimate of drug-likeness (QED) is 0.169. The Morgan fingerprint density at radius 3 is 1.65 bits per heavy atom. The fourth-order valence-electron chi connectivity index (χ4n) is 9.13. The molecule has 2 heterocycles. The van der Waals surface area contributed by atoms with E-state index in [1.807, 2.05) is 17.4 Å². The highest BCUT2D eigenvalue weighted by molar-refractivity contribution is 7.26. The van der Waals surface area contributed by atoms with E-state index >= 15 is 0 Å². The Morgan fingerprint density at radius 2 is 0.912 bits per heavy atom. The molecule has 0 saturated heterocycles. The minimum absolute atomic E-state index is 0.290. The van der Waals surface area contributed by atoms with Crippen molar-refractivity contribution in [3.8, 4) is 67.3 Å². The van der Waals surface area contributed by atoms with E-state index < -0.39 is 0 Å². The van der Waals surface area contributed by atoms with Crippen LogP contribution in [0.1, 0.15) is 23.6 Å². The van der Waals surface area contributed by atoms with Gasteiger partial charge in [-0.15, -0.1) is 11.3 Å². The van der Waals surface area contributed by atoms with Crippen LogP contribution in [0.3, 0.4) is 0 Å². The number of aromatic nitrogens is 2. The zero-order chi connectivity index (χ0) is 37.9. The highest BCUT2D eigenvalue weighted by Gasteiger charge is 2.41. The predicted molar refractivity (Wildman–Crippen MR) is 240 cm³/mol. The van der Waals surface area contributed by atoms with Crippen molar-refractivity contribution in [2.75, 3.05) is 0 Å². The molecular weight excluding hydrogens is 709 g/mol. The van der Waals surface area contributed by atoms with Gasteiger partial charge in [-0.1, -0.05) is 188 Å². The zero-order valence-electron chi connectivity index (χ0n) is 31.4. The van der Waals surface area contributed by atoms with Crippen molar-refractivity contribution in [1.29, 1.82) is 0 Å². The number of fused-ring (bicyclic) bond motifs is 6. The first-order valence-electron chi connectivity index (χ1n) is 19.5. The van der Waals surface area contributed by atoms with E-state index in [-0.39, 0.29) is 5.41 Å². The van der Waals surface area contributed by atoms with Crippen LogP contribution in [0.5, 0.6) is 0 Å². The van der Waals surface area contributed by atoms with Gasteiger partial charge in [-0.2, -0.15) is 0 Å². The molecule has 0 bridgehead atoms. The van der Waals surface area contributed by atoms with Crippen LogP contribution in [0.2, 0.25) is 0 Å². The average molecular weight is 745 g/mol. The molecule has 0 saturated carbocycles. The van der Waals surface area contributed by atoms with Gasteiger partial charge < -0.3 is 0 Å². The predicted octanol–water partition coefficient (Wildman–Crippen LogP) is 14.5. The van der Waals surface area contributed by atoms with Crippen LogP contribution in [0.4, 0.5) is 0 Å². The third-order valence-corrected chi connectivity index (χ3v) is 13.1. The van der Waals surface area contributed by atoms with Crippen molar-refractivity contribution in [3.05, 3.63) is 217 Å². The Hall–Kier alpha value is -6.94. The average Bonchev–Trinajstić information content (AvgIpc) is 3.80. The number of nitrogens with zero attached hydrogens (tertiary/aromatic N) is 2. The largest absolute Gasteiger partial charge is 0.228 e. The lowest BCUT2D eigenvalue weighted by atomic mass is 9.74. The van der Waals surface area contributed by atoms with Gasteiger partial charge in [0.2, 0.25) is 0 Å². The van der Waals surface area contributed by atoms with Crippen molar-refractivity contribution in [2.24, 2.45) is 0 Å². The van der Waals surface area contributed by atoms with Gasteiger partial charge in [0.1, 0.15) is 0 Å². The van der Waals surface area contributed by atoms with Crippen LogP contribution < -0.4 is 0 Å². The van der Waals surface area contributed by atoms with Crippen molar-refractivity contribution < 1.29 is 0 Å². The summed E-state index contributed by atoms with van der Waals surface area (Å²) in [6.07, 6.45) is 0. The van der Waals surface area contributed by atoms with Crippen LogP contribution in [0.25, 0.3) is 87.5 Å². The van der Waals surface area contributed by atoms with Crippen LogP contribution in [-0.2, 0) is 5.41 Å². The number of hydrogen-bond donors (Lipinski definition) is 0. The lowest BCUT2D eigenvalue weighted by molar-refractivity contribution is 0.714. The van der Waals surface area contributed by atoms with E-state index in [9.17, 15) is 0 Å². The van der Waals surface area contributed by atoms with Gasteiger partial charge in [-0.05, 0) is 63.6 Å². The van der Waals surface area contributed by atoms with Crippen LogP contribution in [0, 0.1) is 0 Å². The van der Waals surface area contributed by atoms with E-state index in [1.54, 1.807) is 0 Å². The molecule has 11 rings (SSSR count). The third-order valence-electron chi connectivity index (χ3n) is 11.8. The molecule has 3 heteroatoms. The monoisotopic (exact) mass is 744 g/mol. The van der Waals surface area contributed by atoms with E-state index in [1.165, 1.54) is 59.1 Å². The molecule has 0 aliphatic heterocycles. The standard InChI is InChI=1S/C54H36N2S/c1-54(36-20-6-3-7-21-36)46-31-14-12-27-45(46)51-42(28-17-32-47(51)54)37-22-8-10-24-39(37)48-34-49(56-53(55-48)35-18-4-2-5-19-35)40-25-11-9-23-38(40)43-29-16-30-44-41-26-13-15-33-50(41)57-52(43)44/h2-34H,1H3. The third kappa shape index (κ3) is 5.31. The van der Waals surface area contributed by atoms with Gasteiger partial charge in [0, 0.05) is 47.8 Å². The Morgan fingerprint density at radius 1 is 0.404 bits per heavy atom. The summed E-state index contributed by atoms with van der Waals surface area (Å²) >= 11 is 1.86. The molecule has 0 radical (unpaired) electrons. The molecule has 0 amide bonds. The summed E-state index contributed by atoms with van der Waals surface area (Å²) in [4.78, 5) is 10.7. The maximum absolute atomic E-state index is 5.37. The molecule has 1 atom stereocenters. The van der Waals surface area contributed by atoms with Gasteiger partial charge in [-0.25, -0.2) is 9.97 Å². The lowest BCUT2D eigenvalue weighted by Gasteiger charge is -2.28. The molecule has 8 aromatic carbocycles. The SMILES string of the molecule is CC1(c2ccccc2)c2ccccc2-c2c(-c3ccccc3-c3cc(-c4ccccc4-c4cccc5c4sc4ccccc45)nc(-c4ccccc4)n3)cccc21. The summed E-state index contributed by atoms with van der Waals surface area (Å²) in [7, 11) is 0. The molecule has 268 valence electrons. The van der Waals surface area contributed by atoms with Gasteiger partial charge in [0.15, 0.2) is 5.82 Å². The summed E-state index contributed by atoms with van der Waals surface area (Å²) in [6, 6.07) is 72.1. The summed E-state index contributed by atoms with van der Waals surface area (Å²) in [6.45, 7) is 2.38. The smallest absolute Gasteiger partial charge is 0.160 e. The minimum Gasteiger partial charge on any atom is -0.228 e. The maximum Gasteiger partial charge on any atom is 0.160 e.